The van der Waals surface area contributed by atoms with Crippen LogP contribution in [-0.4, -0.2) is 119 Å². The van der Waals surface area contributed by atoms with Crippen molar-refractivity contribution in [2.24, 2.45) is 5.73 Å². The largest absolute Gasteiger partial charge is 0.477 e. The number of fused-ring (bicyclic) bond motifs is 2. The third-order valence-electron chi connectivity index (χ3n) is 10.6. The number of aromatic nitrogens is 4. The van der Waals surface area contributed by atoms with Crippen LogP contribution in [0.4, 0.5) is 8.78 Å². The molecule has 376 valence electrons. The summed E-state index contributed by atoms with van der Waals surface area (Å²) in [5.74, 6) is -2.43. The molecule has 0 radical (unpaired) electrons. The summed E-state index contributed by atoms with van der Waals surface area (Å²) in [6.07, 6.45) is 5.15. The van der Waals surface area contributed by atoms with Gasteiger partial charge in [-0.1, -0.05) is 47.5 Å². The van der Waals surface area contributed by atoms with Crippen LogP contribution in [0.3, 0.4) is 0 Å². The van der Waals surface area contributed by atoms with Gasteiger partial charge in [-0.15, -0.1) is 24.0 Å². The molecule has 25 heteroatoms. The summed E-state index contributed by atoms with van der Waals surface area (Å²) in [5.41, 5.74) is 9.22. The number of carbonyl (C=O) groups excluding carboxylic acids is 3. The van der Waals surface area contributed by atoms with Gasteiger partial charge >= 0.3 is 56.5 Å². The van der Waals surface area contributed by atoms with Crippen LogP contribution in [0.15, 0.2) is 85.2 Å². The number of nitrogens with two attached hydrogens (primary N) is 1. The Morgan fingerprint density at radius 3 is 1.55 bits per heavy atom. The Balaban J connectivity index is 0.000000282. The summed E-state index contributed by atoms with van der Waals surface area (Å²) in [6.45, 7) is 1.95. The number of carbonyl (C=O) groups is 4. The van der Waals surface area contributed by atoms with E-state index < -0.39 is 30.1 Å². The number of rotatable bonds is 9. The molecular weight excluding hydrogens is 1620 g/mol. The molecule has 8 rings (SSSR count). The Kier molecular flexibility index (Phi) is 28.5. The van der Waals surface area contributed by atoms with Crippen molar-refractivity contribution >= 4 is 167 Å². The summed E-state index contributed by atoms with van der Waals surface area (Å²) in [6, 6.07) is 16.8. The average Bonchev–Trinajstić information content (AvgIpc) is 3.96. The second-order valence-electron chi connectivity index (χ2n) is 15.3. The first-order valence-corrected chi connectivity index (χ1v) is 40.2. The van der Waals surface area contributed by atoms with E-state index in [4.69, 9.17) is 34.0 Å². The van der Waals surface area contributed by atoms with E-state index in [2.05, 4.69) is 99.7 Å². The SMILES string of the molecule is I.II.I[I-]I.N[C@@H](Cc1ccc(F)cc1)C(=O)N1CCC(O)CC1.O=C(N[C@@H](Cc1ccc(F)cc1)C(=O)N1CCC(O)CC1)c1cc2cc(Cl)ncc2[nH]1.O=C(O)c1cc2cc(Cl)ncc2[nH]1. The average molecular weight is 1670 g/mol. The van der Waals surface area contributed by atoms with Crippen LogP contribution < -0.4 is 24.3 Å². The number of pyridine rings is 2. The Bertz CT molecular complexity index is 2570. The molecule has 3 amide bonds. The van der Waals surface area contributed by atoms with Gasteiger partial charge in [-0.2, -0.15) is 0 Å². The number of nitrogens with one attached hydrogen (secondary N) is 3. The number of nitrogens with zero attached hydrogens (tertiary/aromatic N) is 4. The molecule has 69 heavy (non-hydrogen) atoms. The number of aliphatic hydroxyl groups excluding tert-OH is 2. The number of H-pyrrole nitrogens is 2. The molecule has 0 bridgehead atoms. The zero-order chi connectivity index (χ0) is 49.9. The summed E-state index contributed by atoms with van der Waals surface area (Å²) >= 11 is 21.1. The van der Waals surface area contributed by atoms with E-state index >= 15 is 0 Å². The molecule has 0 saturated carbocycles. The third-order valence-corrected chi connectivity index (χ3v) is 11.0. The maximum Gasteiger partial charge on any atom is 0.352 e. The zero-order valence-corrected chi connectivity index (χ0v) is 50.7. The number of hydrogen-bond donors (Lipinski definition) is 7. The third kappa shape index (κ3) is 20.3. The van der Waals surface area contributed by atoms with Gasteiger partial charge in [0, 0.05) is 80.6 Å². The minimum Gasteiger partial charge on any atom is -0.477 e. The fourth-order valence-corrected chi connectivity index (χ4v) is 7.46. The van der Waals surface area contributed by atoms with Crippen LogP contribution in [0.1, 0.15) is 57.8 Å². The number of likely N-dealkylation sites (tertiary alicyclic amines) is 2. The monoisotopic (exact) mass is 1670 g/mol. The van der Waals surface area contributed by atoms with Crippen molar-refractivity contribution in [3.63, 3.8) is 0 Å². The number of hydrogen-bond acceptors (Lipinski definition) is 9. The first-order valence-electron chi connectivity index (χ1n) is 20.6. The van der Waals surface area contributed by atoms with E-state index in [9.17, 15) is 38.2 Å². The molecule has 2 aliphatic rings. The van der Waals surface area contributed by atoms with E-state index in [1.165, 1.54) is 42.7 Å². The van der Waals surface area contributed by atoms with Gasteiger partial charge in [-0.05, 0) is 91.8 Å². The molecule has 2 saturated heterocycles. The number of carboxylic acid groups (broad SMARTS) is 1. The van der Waals surface area contributed by atoms with Gasteiger partial charge in [0.05, 0.1) is 41.7 Å². The van der Waals surface area contributed by atoms with Crippen molar-refractivity contribution in [1.82, 2.24) is 35.1 Å². The number of halogens is 10. The van der Waals surface area contributed by atoms with Crippen molar-refractivity contribution in [2.45, 2.75) is 62.8 Å². The minimum atomic E-state index is -0.993. The van der Waals surface area contributed by atoms with E-state index in [0.29, 0.717) is 92.9 Å². The van der Waals surface area contributed by atoms with Crippen molar-refractivity contribution < 1.29 is 56.5 Å². The zero-order valence-electron chi connectivity index (χ0n) is 36.1. The Labute approximate surface area is 476 Å². The standard InChI is InChI=1S/C22H22ClFN4O3.C14H19FN2O2.C8H5ClN2O2.I3.I2.HI/c23-20-11-14-10-17(26-19(14)12-25-20)21(30)27-18(9-13-1-3-15(24)4-2-13)22(31)28-7-5-16(29)6-8-28;15-11-3-1-10(2-4-11)9-13(16)14(19)17-7-5-12(18)6-8-17;9-7-2-4-1-5(8(12)13)11-6(4)3-10-7;1-3-2;1-2;/h1-4,10-12,16,18,26,29H,5-9H2,(H,27,30);1-4,12-13,18H,5-9,16H2;1-3,11H,(H,12,13);;;1H/q;;;-1;;/t18-;13-;;;;/m00..../s1. The van der Waals surface area contributed by atoms with Crippen LogP contribution in [0, 0.1) is 11.6 Å². The van der Waals surface area contributed by atoms with E-state index in [0.717, 1.165) is 21.9 Å². The number of aromatic carboxylic acids is 1. The molecule has 2 atom stereocenters. The molecule has 4 aromatic heterocycles. The molecule has 2 aliphatic heterocycles. The van der Waals surface area contributed by atoms with Gasteiger partial charge in [0.2, 0.25) is 11.8 Å². The Morgan fingerprint density at radius 1 is 0.725 bits per heavy atom. The molecule has 0 aliphatic carbocycles. The van der Waals surface area contributed by atoms with Crippen molar-refractivity contribution in [3.05, 3.63) is 130 Å². The molecule has 0 unspecified atom stereocenters. The normalized spacial score (nSPS) is 14.5. The maximum absolute atomic E-state index is 13.3. The van der Waals surface area contributed by atoms with Gasteiger partial charge in [0.25, 0.3) is 5.91 Å². The van der Waals surface area contributed by atoms with Gasteiger partial charge in [0.1, 0.15) is 39.4 Å². The fraction of sp³-hybridized carbons (Fsp3) is 0.318. The number of piperidine rings is 2. The van der Waals surface area contributed by atoms with Gasteiger partial charge in [-0.3, -0.25) is 14.4 Å². The topological polar surface area (TPSA) is 231 Å². The molecule has 6 aromatic rings. The van der Waals surface area contributed by atoms with E-state index in [1.807, 2.05) is 0 Å². The van der Waals surface area contributed by atoms with Crippen LogP contribution in [0.2, 0.25) is 10.3 Å². The van der Waals surface area contributed by atoms with Gasteiger partial charge in [0.15, 0.2) is 0 Å². The molecule has 8 N–H and O–H groups in total. The number of aliphatic hydroxyl groups is 2. The smallest absolute Gasteiger partial charge is 0.352 e. The first-order chi connectivity index (χ1) is 32.5. The molecule has 6 heterocycles. The number of benzene rings is 2. The van der Waals surface area contributed by atoms with Gasteiger partial charge in [-0.25, -0.2) is 23.5 Å². The second-order valence-corrected chi connectivity index (χ2v) is 32.3. The molecule has 2 fully saturated rings. The summed E-state index contributed by atoms with van der Waals surface area (Å²) in [5, 5.41) is 32.8. The number of carboxylic acids is 1. The molecule has 0 spiro atoms. The molecular formula is C44H47Cl2F2I6N8O7-. The predicted molar refractivity (Wildman–Crippen MR) is 304 cm³/mol. The number of aromatic amines is 2. The Hall–Kier alpha value is -1.60. The summed E-state index contributed by atoms with van der Waals surface area (Å²) in [4.78, 5) is 65.6. The van der Waals surface area contributed by atoms with Crippen molar-refractivity contribution in [1.29, 1.82) is 0 Å². The Morgan fingerprint density at radius 2 is 1.12 bits per heavy atom. The van der Waals surface area contributed by atoms with Crippen LogP contribution in [0.25, 0.3) is 21.8 Å². The first kappa shape index (κ1) is 61.7. The number of amides is 3. The maximum atomic E-state index is 13.3. The van der Waals surface area contributed by atoms with E-state index in [-0.39, 0.29) is 71.3 Å². The van der Waals surface area contributed by atoms with Gasteiger partial charge < -0.3 is 46.1 Å². The minimum absolute atomic E-state index is 0. The summed E-state index contributed by atoms with van der Waals surface area (Å²) < 4.78 is 26.1. The quantitative estimate of drug-likeness (QED) is 0.0619. The predicted octanol–water partition coefficient (Wildman–Crippen LogP) is 6.44. The molecule has 2 aromatic carbocycles. The molecule has 15 nitrogen and oxygen atoms in total. The summed E-state index contributed by atoms with van der Waals surface area (Å²) in [7, 11) is 0. The van der Waals surface area contributed by atoms with Crippen LogP contribution >= 0.6 is 122 Å². The fourth-order valence-electron chi connectivity index (χ4n) is 7.13. The van der Waals surface area contributed by atoms with Crippen LogP contribution in [0.5, 0.6) is 0 Å². The van der Waals surface area contributed by atoms with Crippen molar-refractivity contribution in [2.75, 3.05) is 26.2 Å². The second kappa shape index (κ2) is 31.9. The van der Waals surface area contributed by atoms with E-state index in [1.54, 1.807) is 52.3 Å². The van der Waals surface area contributed by atoms with Crippen molar-refractivity contribution in [3.8, 4) is 0 Å². The van der Waals surface area contributed by atoms with Crippen LogP contribution in [-0.2, 0) is 22.4 Å².